The highest BCUT2D eigenvalue weighted by Gasteiger charge is 2.15. The lowest BCUT2D eigenvalue weighted by Gasteiger charge is -2.08. The highest BCUT2D eigenvalue weighted by Crippen LogP contribution is 2.12. The Kier molecular flexibility index (Phi) is 6.06. The van der Waals surface area contributed by atoms with Crippen LogP contribution in [0.15, 0.2) is 70.2 Å². The van der Waals surface area contributed by atoms with Gasteiger partial charge >= 0.3 is 0 Å². The number of nitrogens with one attached hydrogen (secondary N) is 1. The summed E-state index contributed by atoms with van der Waals surface area (Å²) in [7, 11) is 0. The summed E-state index contributed by atoms with van der Waals surface area (Å²) in [6.45, 7) is 0. The van der Waals surface area contributed by atoms with E-state index in [1.165, 1.54) is 6.21 Å². The molecule has 2 aromatic rings. The Labute approximate surface area is 137 Å². The van der Waals surface area contributed by atoms with Gasteiger partial charge < -0.3 is 5.11 Å². The van der Waals surface area contributed by atoms with Crippen LogP contribution in [0.4, 0.5) is 0 Å². The molecule has 2 rings (SSSR count). The molecule has 1 atom stereocenters. The molecule has 0 bridgehead atoms. The van der Waals surface area contributed by atoms with Gasteiger partial charge in [-0.2, -0.15) is 5.10 Å². The Morgan fingerprint density at radius 2 is 1.68 bits per heavy atom. The van der Waals surface area contributed by atoms with Crippen LogP contribution in [0.5, 0.6) is 0 Å². The van der Waals surface area contributed by atoms with Crippen molar-refractivity contribution in [1.29, 1.82) is 0 Å². The van der Waals surface area contributed by atoms with Gasteiger partial charge in [-0.1, -0.05) is 60.7 Å². The van der Waals surface area contributed by atoms with Gasteiger partial charge in [-0.25, -0.2) is 5.43 Å². The predicted octanol–water partition coefficient (Wildman–Crippen LogP) is 3.26. The van der Waals surface area contributed by atoms with Gasteiger partial charge in [-0.3, -0.25) is 4.79 Å². The first-order chi connectivity index (χ1) is 10.7. The van der Waals surface area contributed by atoms with Crippen LogP contribution < -0.4 is 5.43 Å². The molecule has 2 N–H and O–H groups in total. The van der Waals surface area contributed by atoms with Crippen LogP contribution >= 0.6 is 15.9 Å². The molecular formula is C17H15BrN2O2. The molecule has 0 aliphatic heterocycles. The zero-order valence-electron chi connectivity index (χ0n) is 11.7. The third-order valence-electron chi connectivity index (χ3n) is 2.83. The topological polar surface area (TPSA) is 61.7 Å². The molecule has 2 aromatic carbocycles. The molecule has 0 aliphatic carbocycles. The molecule has 0 radical (unpaired) electrons. The second-order valence-electron chi connectivity index (χ2n) is 4.49. The fourth-order valence-electron chi connectivity index (χ4n) is 1.75. The van der Waals surface area contributed by atoms with Gasteiger partial charge in [0.2, 0.25) is 0 Å². The molecule has 0 unspecified atom stereocenters. The number of rotatable bonds is 5. The average molecular weight is 359 g/mol. The van der Waals surface area contributed by atoms with E-state index < -0.39 is 12.0 Å². The fourth-order valence-corrected chi connectivity index (χ4v) is 2.12. The highest BCUT2D eigenvalue weighted by atomic mass is 79.9. The second kappa shape index (κ2) is 8.26. The van der Waals surface area contributed by atoms with Crippen molar-refractivity contribution in [3.05, 3.63) is 76.3 Å². The number of halogens is 1. The van der Waals surface area contributed by atoms with Crippen molar-refractivity contribution in [2.24, 2.45) is 5.10 Å². The quantitative estimate of drug-likeness (QED) is 0.636. The number of carbonyl (C=O) groups excluding carboxylic acids is 1. The van der Waals surface area contributed by atoms with E-state index >= 15 is 0 Å². The van der Waals surface area contributed by atoms with Crippen LogP contribution in [0.25, 0.3) is 6.08 Å². The van der Waals surface area contributed by atoms with E-state index in [9.17, 15) is 9.90 Å². The van der Waals surface area contributed by atoms with Gasteiger partial charge in [-0.05, 0) is 33.1 Å². The summed E-state index contributed by atoms with van der Waals surface area (Å²) < 4.78 is 0.702. The van der Waals surface area contributed by atoms with Crippen LogP contribution in [0.2, 0.25) is 0 Å². The number of hydrogen-bond donors (Lipinski definition) is 2. The average Bonchev–Trinajstić information content (AvgIpc) is 2.55. The Hall–Kier alpha value is -2.24. The van der Waals surface area contributed by atoms with E-state index in [1.54, 1.807) is 24.3 Å². The number of aliphatic hydroxyl groups excluding tert-OH is 1. The number of amides is 1. The van der Waals surface area contributed by atoms with Crippen LogP contribution in [0.1, 0.15) is 17.2 Å². The maximum absolute atomic E-state index is 11.8. The monoisotopic (exact) mass is 358 g/mol. The number of nitrogens with zero attached hydrogens (tertiary/aromatic N) is 1. The smallest absolute Gasteiger partial charge is 0.273 e. The maximum Gasteiger partial charge on any atom is 0.273 e. The van der Waals surface area contributed by atoms with E-state index in [-0.39, 0.29) is 0 Å². The molecular weight excluding hydrogens is 344 g/mol. The third kappa shape index (κ3) is 4.95. The molecule has 1 amide bonds. The first-order valence-electron chi connectivity index (χ1n) is 6.65. The zero-order valence-corrected chi connectivity index (χ0v) is 13.3. The lowest BCUT2D eigenvalue weighted by atomic mass is 10.1. The lowest BCUT2D eigenvalue weighted by molar-refractivity contribution is -0.129. The van der Waals surface area contributed by atoms with Gasteiger partial charge in [0.1, 0.15) is 0 Å². The normalized spacial score (nSPS) is 13.1. The molecule has 0 aromatic heterocycles. The van der Waals surface area contributed by atoms with Gasteiger partial charge in [0, 0.05) is 4.48 Å². The van der Waals surface area contributed by atoms with Gasteiger partial charge in [0.05, 0.1) is 6.21 Å². The second-order valence-corrected chi connectivity index (χ2v) is 5.40. The van der Waals surface area contributed by atoms with Crippen molar-refractivity contribution in [2.45, 2.75) is 6.10 Å². The molecule has 5 heteroatoms. The molecule has 0 aliphatic rings. The summed E-state index contributed by atoms with van der Waals surface area (Å²) in [6.07, 6.45) is 2.08. The first-order valence-corrected chi connectivity index (χ1v) is 7.44. The Balaban J connectivity index is 1.92. The molecule has 0 heterocycles. The van der Waals surface area contributed by atoms with E-state index in [1.807, 2.05) is 42.5 Å². The van der Waals surface area contributed by atoms with Crippen LogP contribution in [-0.4, -0.2) is 17.2 Å². The molecule has 0 fully saturated rings. The minimum absolute atomic E-state index is 0.522. The van der Waals surface area contributed by atoms with Crippen molar-refractivity contribution >= 4 is 34.1 Å². The standard InChI is InChI=1S/C17H15BrN2O2/c18-15(11-13-7-3-1-4-8-13)12-19-20-17(22)16(21)14-9-5-2-6-10-14/h1-12,16,21H,(H,20,22)/b15-11-,19-12-/t16-/m1/s1. The number of allylic oxidation sites excluding steroid dienone is 1. The Morgan fingerprint density at radius 3 is 2.32 bits per heavy atom. The van der Waals surface area contributed by atoms with Gasteiger partial charge in [0.25, 0.3) is 5.91 Å². The maximum atomic E-state index is 11.8. The molecule has 22 heavy (non-hydrogen) atoms. The fraction of sp³-hybridized carbons (Fsp3) is 0.0588. The number of hydrazone groups is 1. The van der Waals surface area contributed by atoms with E-state index in [0.717, 1.165) is 5.56 Å². The Morgan fingerprint density at radius 1 is 1.09 bits per heavy atom. The SMILES string of the molecule is O=C(N/N=C\C(Br)=C\c1ccccc1)[C@H](O)c1ccccc1. The molecule has 0 spiro atoms. The minimum atomic E-state index is -1.24. The van der Waals surface area contributed by atoms with Crippen LogP contribution in [-0.2, 0) is 4.79 Å². The third-order valence-corrected chi connectivity index (χ3v) is 3.26. The summed E-state index contributed by atoms with van der Waals surface area (Å²) in [5.41, 5.74) is 3.84. The minimum Gasteiger partial charge on any atom is -0.378 e. The summed E-state index contributed by atoms with van der Waals surface area (Å²) >= 11 is 3.34. The predicted molar refractivity (Wildman–Crippen MR) is 91.4 cm³/mol. The highest BCUT2D eigenvalue weighted by molar-refractivity contribution is 9.12. The van der Waals surface area contributed by atoms with Gasteiger partial charge in [0.15, 0.2) is 6.10 Å². The van der Waals surface area contributed by atoms with E-state index in [2.05, 4.69) is 26.5 Å². The summed E-state index contributed by atoms with van der Waals surface area (Å²) in [5.74, 6) is -0.581. The van der Waals surface area contributed by atoms with Crippen molar-refractivity contribution in [1.82, 2.24) is 5.43 Å². The van der Waals surface area contributed by atoms with E-state index in [0.29, 0.717) is 10.0 Å². The van der Waals surface area contributed by atoms with Crippen molar-refractivity contribution < 1.29 is 9.90 Å². The lowest BCUT2D eigenvalue weighted by Crippen LogP contribution is -2.25. The Bertz CT molecular complexity index is 670. The molecule has 4 nitrogen and oxygen atoms in total. The number of hydrogen-bond acceptors (Lipinski definition) is 3. The summed E-state index contributed by atoms with van der Waals surface area (Å²) in [6, 6.07) is 18.4. The molecule has 112 valence electrons. The number of carbonyl (C=O) groups is 1. The first kappa shape index (κ1) is 16.1. The summed E-state index contributed by atoms with van der Waals surface area (Å²) in [4.78, 5) is 11.8. The zero-order chi connectivity index (χ0) is 15.8. The van der Waals surface area contributed by atoms with Crippen molar-refractivity contribution in [3.8, 4) is 0 Å². The van der Waals surface area contributed by atoms with E-state index in [4.69, 9.17) is 0 Å². The van der Waals surface area contributed by atoms with Crippen molar-refractivity contribution in [3.63, 3.8) is 0 Å². The van der Waals surface area contributed by atoms with Crippen LogP contribution in [0, 0.1) is 0 Å². The van der Waals surface area contributed by atoms with Crippen LogP contribution in [0.3, 0.4) is 0 Å². The van der Waals surface area contributed by atoms with Gasteiger partial charge in [-0.15, -0.1) is 0 Å². The summed E-state index contributed by atoms with van der Waals surface area (Å²) in [5, 5.41) is 13.7. The number of benzene rings is 2. The molecule has 0 saturated heterocycles. The largest absolute Gasteiger partial charge is 0.378 e. The molecule has 0 saturated carbocycles. The number of aliphatic hydroxyl groups is 1. The van der Waals surface area contributed by atoms with Crippen molar-refractivity contribution in [2.75, 3.05) is 0 Å².